The minimum Gasteiger partial charge on any atom is -0.490 e. The first kappa shape index (κ1) is 24.0. The highest BCUT2D eigenvalue weighted by Gasteiger charge is 2.31. The Balaban J connectivity index is 1.71. The van der Waals surface area contributed by atoms with Crippen LogP contribution in [0.3, 0.4) is 0 Å². The largest absolute Gasteiger partial charge is 0.490 e. The lowest BCUT2D eigenvalue weighted by Gasteiger charge is -2.30. The van der Waals surface area contributed by atoms with Crippen molar-refractivity contribution in [2.75, 3.05) is 13.2 Å². The number of fused-ring (bicyclic) bond motifs is 1. The van der Waals surface area contributed by atoms with Gasteiger partial charge in [0.05, 0.1) is 11.5 Å². The standard InChI is InChI=1S/C26H36O4S/c1-6-23-21-13-26(4,5)10-9-20(21)25(31-23)22(29)8-7-18-11-16(2)24(17(3)12-18)30-15-19(28)14-27/h11-12,19,27-28H,6-10,13-15H2,1-5H3/t19-/m0/s1. The molecule has 0 unspecified atom stereocenters. The number of Topliss-reactive ketones (excluding diaryl/α,β-unsaturated/α-hetero) is 1. The summed E-state index contributed by atoms with van der Waals surface area (Å²) >= 11 is 1.73. The van der Waals surface area contributed by atoms with E-state index in [9.17, 15) is 9.90 Å². The summed E-state index contributed by atoms with van der Waals surface area (Å²) in [5.41, 5.74) is 6.19. The second-order valence-corrected chi connectivity index (χ2v) is 10.7. The molecule has 0 radical (unpaired) electrons. The lowest BCUT2D eigenvalue weighted by atomic mass is 9.74. The third-order valence-corrected chi connectivity index (χ3v) is 7.73. The average molecular weight is 445 g/mol. The molecule has 0 saturated heterocycles. The van der Waals surface area contributed by atoms with Crippen LogP contribution < -0.4 is 4.74 Å². The van der Waals surface area contributed by atoms with E-state index in [2.05, 4.69) is 32.9 Å². The number of carbonyl (C=O) groups is 1. The number of hydrogen-bond donors (Lipinski definition) is 2. The Labute approximate surface area is 190 Å². The highest BCUT2D eigenvalue weighted by Crippen LogP contribution is 2.42. The number of carbonyl (C=O) groups excluding carboxylic acids is 1. The molecule has 170 valence electrons. The molecule has 4 nitrogen and oxygen atoms in total. The van der Waals surface area contributed by atoms with Gasteiger partial charge in [0.2, 0.25) is 0 Å². The lowest BCUT2D eigenvalue weighted by Crippen LogP contribution is -2.22. The predicted molar refractivity (Wildman–Crippen MR) is 127 cm³/mol. The van der Waals surface area contributed by atoms with Crippen molar-refractivity contribution in [2.24, 2.45) is 5.41 Å². The molecule has 3 rings (SSSR count). The number of benzene rings is 1. The van der Waals surface area contributed by atoms with E-state index in [0.717, 1.165) is 53.0 Å². The highest BCUT2D eigenvalue weighted by molar-refractivity contribution is 7.14. The summed E-state index contributed by atoms with van der Waals surface area (Å²) in [7, 11) is 0. The summed E-state index contributed by atoms with van der Waals surface area (Å²) in [4.78, 5) is 15.5. The van der Waals surface area contributed by atoms with Crippen LogP contribution in [0.2, 0.25) is 0 Å². The summed E-state index contributed by atoms with van der Waals surface area (Å²) in [6.45, 7) is 10.6. The molecular weight excluding hydrogens is 408 g/mol. The summed E-state index contributed by atoms with van der Waals surface area (Å²) in [6.07, 6.45) is 4.59. The first-order valence-corrected chi connectivity index (χ1v) is 12.1. The van der Waals surface area contributed by atoms with Gasteiger partial charge in [-0.2, -0.15) is 0 Å². The Hall–Kier alpha value is -1.69. The number of aliphatic hydroxyl groups excluding tert-OH is 2. The maximum absolute atomic E-state index is 13.2. The van der Waals surface area contributed by atoms with E-state index >= 15 is 0 Å². The minimum atomic E-state index is -0.883. The summed E-state index contributed by atoms with van der Waals surface area (Å²) < 4.78 is 5.69. The molecule has 0 aliphatic heterocycles. The number of ketones is 1. The maximum atomic E-state index is 13.2. The van der Waals surface area contributed by atoms with Crippen LogP contribution in [0.1, 0.15) is 76.0 Å². The van der Waals surface area contributed by atoms with Crippen molar-refractivity contribution < 1.29 is 19.7 Å². The van der Waals surface area contributed by atoms with Gasteiger partial charge in [-0.1, -0.05) is 32.9 Å². The van der Waals surface area contributed by atoms with E-state index in [1.54, 1.807) is 11.3 Å². The van der Waals surface area contributed by atoms with Gasteiger partial charge in [0.1, 0.15) is 18.5 Å². The molecule has 0 spiro atoms. The van der Waals surface area contributed by atoms with Crippen LogP contribution in [-0.4, -0.2) is 35.3 Å². The Morgan fingerprint density at radius 3 is 2.52 bits per heavy atom. The van der Waals surface area contributed by atoms with Crippen LogP contribution in [0, 0.1) is 19.3 Å². The van der Waals surface area contributed by atoms with Gasteiger partial charge in [0.15, 0.2) is 5.78 Å². The van der Waals surface area contributed by atoms with Crippen molar-refractivity contribution in [2.45, 2.75) is 79.2 Å². The molecule has 1 aliphatic rings. The van der Waals surface area contributed by atoms with Crippen molar-refractivity contribution in [3.05, 3.63) is 49.7 Å². The van der Waals surface area contributed by atoms with Crippen molar-refractivity contribution in [3.8, 4) is 5.75 Å². The van der Waals surface area contributed by atoms with Crippen molar-refractivity contribution >= 4 is 17.1 Å². The van der Waals surface area contributed by atoms with Gasteiger partial charge in [0.25, 0.3) is 0 Å². The first-order chi connectivity index (χ1) is 14.6. The van der Waals surface area contributed by atoms with Gasteiger partial charge in [0, 0.05) is 11.3 Å². The summed E-state index contributed by atoms with van der Waals surface area (Å²) in [6, 6.07) is 4.12. The molecule has 2 N–H and O–H groups in total. The average Bonchev–Trinajstić information content (AvgIpc) is 3.07. The molecule has 1 aromatic carbocycles. The second-order valence-electron chi connectivity index (χ2n) is 9.64. The molecule has 1 aliphatic carbocycles. The molecule has 0 fully saturated rings. The van der Waals surface area contributed by atoms with Crippen molar-refractivity contribution in [1.29, 1.82) is 0 Å². The Bertz CT molecular complexity index is 918. The third-order valence-electron chi connectivity index (χ3n) is 6.27. The van der Waals surface area contributed by atoms with E-state index in [0.29, 0.717) is 18.3 Å². The van der Waals surface area contributed by atoms with Gasteiger partial charge in [-0.25, -0.2) is 0 Å². The van der Waals surface area contributed by atoms with Gasteiger partial charge in [-0.3, -0.25) is 4.79 Å². The molecule has 1 atom stereocenters. The van der Waals surface area contributed by atoms with Gasteiger partial charge in [-0.15, -0.1) is 11.3 Å². The molecule has 0 bridgehead atoms. The Kier molecular flexibility index (Phi) is 7.61. The zero-order valence-electron chi connectivity index (χ0n) is 19.5. The molecule has 0 amide bonds. The van der Waals surface area contributed by atoms with E-state index in [4.69, 9.17) is 9.84 Å². The number of ether oxygens (including phenoxy) is 1. The predicted octanol–water partition coefficient (Wildman–Crippen LogP) is 4.99. The third kappa shape index (κ3) is 5.57. The zero-order chi connectivity index (χ0) is 22.8. The fourth-order valence-electron chi connectivity index (χ4n) is 4.58. The molecule has 2 aromatic rings. The fraction of sp³-hybridized carbons (Fsp3) is 0.577. The Morgan fingerprint density at radius 2 is 1.90 bits per heavy atom. The van der Waals surface area contributed by atoms with Gasteiger partial charge < -0.3 is 14.9 Å². The van der Waals surface area contributed by atoms with E-state index < -0.39 is 6.10 Å². The Morgan fingerprint density at radius 1 is 1.23 bits per heavy atom. The minimum absolute atomic E-state index is 0.0655. The number of hydrogen-bond acceptors (Lipinski definition) is 5. The highest BCUT2D eigenvalue weighted by atomic mass is 32.1. The zero-order valence-corrected chi connectivity index (χ0v) is 20.3. The van der Waals surface area contributed by atoms with Crippen LogP contribution in [0.4, 0.5) is 0 Å². The molecule has 1 aromatic heterocycles. The molecule has 31 heavy (non-hydrogen) atoms. The molecule has 5 heteroatoms. The number of rotatable bonds is 9. The van der Waals surface area contributed by atoms with Crippen LogP contribution in [0.5, 0.6) is 5.75 Å². The number of aryl methyl sites for hydroxylation is 4. The number of thiophene rings is 1. The van der Waals surface area contributed by atoms with Crippen LogP contribution in [0.25, 0.3) is 0 Å². The quantitative estimate of drug-likeness (QED) is 0.535. The first-order valence-electron chi connectivity index (χ1n) is 11.3. The maximum Gasteiger partial charge on any atom is 0.173 e. The van der Waals surface area contributed by atoms with Crippen molar-refractivity contribution in [3.63, 3.8) is 0 Å². The fourth-order valence-corrected chi connectivity index (χ4v) is 5.85. The topological polar surface area (TPSA) is 66.8 Å². The monoisotopic (exact) mass is 444 g/mol. The van der Waals surface area contributed by atoms with E-state index in [-0.39, 0.29) is 19.0 Å². The normalized spacial score (nSPS) is 16.1. The smallest absolute Gasteiger partial charge is 0.173 e. The van der Waals surface area contributed by atoms with Crippen LogP contribution >= 0.6 is 11.3 Å². The SMILES string of the molecule is CCc1sc(C(=O)CCc2cc(C)c(OC[C@@H](O)CO)c(C)c2)c2c1CC(C)(C)CC2. The van der Waals surface area contributed by atoms with Gasteiger partial charge in [-0.05, 0) is 79.2 Å². The van der Waals surface area contributed by atoms with Crippen LogP contribution in [0.15, 0.2) is 12.1 Å². The summed E-state index contributed by atoms with van der Waals surface area (Å²) in [5, 5.41) is 18.5. The molecular formula is C26H36O4S. The lowest BCUT2D eigenvalue weighted by molar-refractivity contribution is 0.0531. The van der Waals surface area contributed by atoms with Gasteiger partial charge >= 0.3 is 0 Å². The second kappa shape index (κ2) is 9.85. The summed E-state index contributed by atoms with van der Waals surface area (Å²) in [5.74, 6) is 1.01. The van der Waals surface area contributed by atoms with E-state index in [1.807, 2.05) is 13.8 Å². The van der Waals surface area contributed by atoms with E-state index in [1.165, 1.54) is 16.0 Å². The van der Waals surface area contributed by atoms with Crippen LogP contribution in [-0.2, 0) is 25.7 Å². The molecule has 1 heterocycles. The number of aliphatic hydroxyl groups is 2. The molecule has 0 saturated carbocycles. The van der Waals surface area contributed by atoms with Crippen molar-refractivity contribution in [1.82, 2.24) is 0 Å².